The fraction of sp³-hybridized carbons (Fsp3) is 0.231. The largest absolute Gasteiger partial charge is 0.306 e. The molecular weight excluding hydrogens is 238 g/mol. The number of nitrogens with one attached hydrogen (secondary N) is 1. The summed E-state index contributed by atoms with van der Waals surface area (Å²) in [5.74, 6) is 0. The van der Waals surface area contributed by atoms with Crippen LogP contribution in [-0.4, -0.2) is 0 Å². The van der Waals surface area contributed by atoms with Crippen LogP contribution in [0.5, 0.6) is 0 Å². The molecule has 0 saturated heterocycles. The van der Waals surface area contributed by atoms with E-state index in [1.54, 1.807) is 11.3 Å². The molecule has 1 nitrogen and oxygen atoms in total. The Morgan fingerprint density at radius 2 is 2.12 bits per heavy atom. The van der Waals surface area contributed by atoms with Crippen LogP contribution in [0.3, 0.4) is 0 Å². The first kappa shape index (κ1) is 11.6. The zero-order valence-corrected chi connectivity index (χ0v) is 10.7. The first-order chi connectivity index (χ1) is 7.77. The van der Waals surface area contributed by atoms with Gasteiger partial charge in [0.05, 0.1) is 0 Å². The minimum absolute atomic E-state index is 0.363. The zero-order valence-electron chi connectivity index (χ0n) is 9.11. The smallest absolute Gasteiger partial charge is 0.0450 e. The van der Waals surface area contributed by atoms with Crippen LogP contribution in [-0.2, 0) is 6.54 Å². The van der Waals surface area contributed by atoms with Crippen molar-refractivity contribution in [2.24, 2.45) is 0 Å². The molecule has 1 atom stereocenters. The average molecular weight is 252 g/mol. The van der Waals surface area contributed by atoms with Gasteiger partial charge in [-0.25, -0.2) is 0 Å². The van der Waals surface area contributed by atoms with Crippen LogP contribution in [0.25, 0.3) is 0 Å². The van der Waals surface area contributed by atoms with E-state index in [9.17, 15) is 0 Å². The summed E-state index contributed by atoms with van der Waals surface area (Å²) in [5.41, 5.74) is 2.48. The van der Waals surface area contributed by atoms with E-state index in [1.165, 1.54) is 5.56 Å². The third kappa shape index (κ3) is 2.85. The lowest BCUT2D eigenvalue weighted by molar-refractivity contribution is 0.576. The molecule has 84 valence electrons. The van der Waals surface area contributed by atoms with E-state index in [-0.39, 0.29) is 0 Å². The molecule has 0 saturated carbocycles. The first-order valence-electron chi connectivity index (χ1n) is 5.26. The maximum atomic E-state index is 6.09. The maximum absolute atomic E-state index is 6.09. The third-order valence-electron chi connectivity index (χ3n) is 2.60. The second-order valence-corrected chi connectivity index (χ2v) is 4.94. The number of benzene rings is 1. The van der Waals surface area contributed by atoms with Crippen LogP contribution < -0.4 is 5.32 Å². The van der Waals surface area contributed by atoms with Crippen molar-refractivity contribution in [3.63, 3.8) is 0 Å². The van der Waals surface area contributed by atoms with Crippen LogP contribution in [0.4, 0.5) is 0 Å². The van der Waals surface area contributed by atoms with Gasteiger partial charge in [0.2, 0.25) is 0 Å². The van der Waals surface area contributed by atoms with Gasteiger partial charge in [0.1, 0.15) is 0 Å². The van der Waals surface area contributed by atoms with Gasteiger partial charge in [-0.1, -0.05) is 29.8 Å². The van der Waals surface area contributed by atoms with Gasteiger partial charge in [0, 0.05) is 17.6 Å². The Morgan fingerprint density at radius 3 is 2.81 bits per heavy atom. The molecule has 0 fully saturated rings. The zero-order chi connectivity index (χ0) is 11.4. The molecule has 0 aliphatic carbocycles. The van der Waals surface area contributed by atoms with Crippen molar-refractivity contribution in [2.75, 3.05) is 0 Å². The van der Waals surface area contributed by atoms with E-state index in [0.717, 1.165) is 17.1 Å². The molecule has 1 aromatic heterocycles. The fourth-order valence-corrected chi connectivity index (χ4v) is 2.50. The standard InChI is InChI=1S/C13H14ClNS/c1-10(12-6-7-16-9-12)15-8-11-4-2-3-5-13(11)14/h2-7,9-10,15H,8H2,1H3. The Kier molecular flexibility index (Phi) is 3.99. The lowest BCUT2D eigenvalue weighted by Gasteiger charge is -2.13. The van der Waals surface area contributed by atoms with E-state index < -0.39 is 0 Å². The van der Waals surface area contributed by atoms with E-state index in [4.69, 9.17) is 11.6 Å². The van der Waals surface area contributed by atoms with Gasteiger partial charge in [0.15, 0.2) is 0 Å². The Bertz CT molecular complexity index is 439. The quantitative estimate of drug-likeness (QED) is 0.857. The highest BCUT2D eigenvalue weighted by Crippen LogP contribution is 2.18. The summed E-state index contributed by atoms with van der Waals surface area (Å²) in [6.45, 7) is 2.97. The number of hydrogen-bond donors (Lipinski definition) is 1. The molecular formula is C13H14ClNS. The summed E-state index contributed by atoms with van der Waals surface area (Å²) < 4.78 is 0. The van der Waals surface area contributed by atoms with Crippen LogP contribution >= 0.6 is 22.9 Å². The topological polar surface area (TPSA) is 12.0 Å². The first-order valence-corrected chi connectivity index (χ1v) is 6.58. The second kappa shape index (κ2) is 5.48. The normalized spacial score (nSPS) is 12.6. The van der Waals surface area contributed by atoms with Crippen LogP contribution in [0.15, 0.2) is 41.1 Å². The molecule has 1 aromatic carbocycles. The van der Waals surface area contributed by atoms with E-state index >= 15 is 0 Å². The molecule has 0 aliphatic heterocycles. The van der Waals surface area contributed by atoms with Crippen molar-refractivity contribution in [3.8, 4) is 0 Å². The molecule has 0 amide bonds. The van der Waals surface area contributed by atoms with Gasteiger partial charge in [-0.15, -0.1) is 0 Å². The van der Waals surface area contributed by atoms with Crippen LogP contribution in [0.2, 0.25) is 5.02 Å². The third-order valence-corrected chi connectivity index (χ3v) is 3.67. The van der Waals surface area contributed by atoms with Gasteiger partial charge >= 0.3 is 0 Å². The Morgan fingerprint density at radius 1 is 1.31 bits per heavy atom. The monoisotopic (exact) mass is 251 g/mol. The molecule has 1 unspecified atom stereocenters. The van der Waals surface area contributed by atoms with Gasteiger partial charge < -0.3 is 5.32 Å². The van der Waals surface area contributed by atoms with Crippen LogP contribution in [0.1, 0.15) is 24.1 Å². The van der Waals surface area contributed by atoms with Gasteiger partial charge in [-0.05, 0) is 40.9 Å². The molecule has 0 aliphatic rings. The summed E-state index contributed by atoms with van der Waals surface area (Å²) in [5, 5.41) is 8.56. The predicted octanol–water partition coefficient (Wildman–Crippen LogP) is 4.25. The highest BCUT2D eigenvalue weighted by molar-refractivity contribution is 7.07. The van der Waals surface area contributed by atoms with Crippen molar-refractivity contribution >= 4 is 22.9 Å². The van der Waals surface area contributed by atoms with Crippen molar-refractivity contribution in [2.45, 2.75) is 19.5 Å². The summed E-state index contributed by atoms with van der Waals surface area (Å²) >= 11 is 7.82. The number of thiophene rings is 1. The predicted molar refractivity (Wildman–Crippen MR) is 71.0 cm³/mol. The summed E-state index contributed by atoms with van der Waals surface area (Å²) in [6, 6.07) is 10.5. The minimum Gasteiger partial charge on any atom is -0.306 e. The van der Waals surface area contributed by atoms with E-state index in [2.05, 4.69) is 35.1 Å². The average Bonchev–Trinajstić information content (AvgIpc) is 2.81. The molecule has 1 heterocycles. The van der Waals surface area contributed by atoms with Crippen molar-refractivity contribution in [1.82, 2.24) is 5.32 Å². The highest BCUT2D eigenvalue weighted by Gasteiger charge is 2.05. The Balaban J connectivity index is 1.95. The maximum Gasteiger partial charge on any atom is 0.0450 e. The molecule has 0 spiro atoms. The molecule has 2 rings (SSSR count). The number of rotatable bonds is 4. The molecule has 2 aromatic rings. The fourth-order valence-electron chi connectivity index (χ4n) is 1.54. The number of hydrogen-bond acceptors (Lipinski definition) is 2. The molecule has 16 heavy (non-hydrogen) atoms. The van der Waals surface area contributed by atoms with Crippen molar-refractivity contribution in [1.29, 1.82) is 0 Å². The van der Waals surface area contributed by atoms with Gasteiger partial charge in [0.25, 0.3) is 0 Å². The van der Waals surface area contributed by atoms with Crippen molar-refractivity contribution in [3.05, 3.63) is 57.2 Å². The van der Waals surface area contributed by atoms with Gasteiger partial charge in [-0.2, -0.15) is 11.3 Å². The lowest BCUT2D eigenvalue weighted by Crippen LogP contribution is -2.17. The summed E-state index contributed by atoms with van der Waals surface area (Å²) in [7, 11) is 0. The lowest BCUT2D eigenvalue weighted by atomic mass is 10.1. The van der Waals surface area contributed by atoms with E-state index in [0.29, 0.717) is 6.04 Å². The second-order valence-electron chi connectivity index (χ2n) is 3.75. The molecule has 3 heteroatoms. The minimum atomic E-state index is 0.363. The summed E-state index contributed by atoms with van der Waals surface area (Å²) in [6.07, 6.45) is 0. The molecule has 0 radical (unpaired) electrons. The SMILES string of the molecule is CC(NCc1ccccc1Cl)c1ccsc1. The molecule has 0 bridgehead atoms. The Hall–Kier alpha value is -0.830. The summed E-state index contributed by atoms with van der Waals surface area (Å²) in [4.78, 5) is 0. The Labute approximate surface area is 105 Å². The molecule has 1 N–H and O–H groups in total. The number of halogens is 1. The van der Waals surface area contributed by atoms with Crippen molar-refractivity contribution < 1.29 is 0 Å². The van der Waals surface area contributed by atoms with Gasteiger partial charge in [-0.3, -0.25) is 0 Å². The van der Waals surface area contributed by atoms with Crippen LogP contribution in [0, 0.1) is 0 Å². The highest BCUT2D eigenvalue weighted by atomic mass is 35.5. The van der Waals surface area contributed by atoms with E-state index in [1.807, 2.05) is 18.2 Å².